The Kier molecular flexibility index (Phi) is 11.4. The molecule has 0 N–H and O–H groups in total. The molecular weight excluding hydrogens is 460 g/mol. The number of benzene rings is 2. The summed E-state index contributed by atoms with van der Waals surface area (Å²) in [6.45, 7) is 8.97. The number of carbonyl (C=O) groups is 1. The zero-order valence-corrected chi connectivity index (χ0v) is 23.6. The molecule has 0 saturated heterocycles. The highest BCUT2D eigenvalue weighted by Crippen LogP contribution is 2.36. The summed E-state index contributed by atoms with van der Waals surface area (Å²) in [5.41, 5.74) is 5.06. The van der Waals surface area contributed by atoms with Gasteiger partial charge in [-0.1, -0.05) is 38.5 Å². The molecule has 202 valence electrons. The highest BCUT2D eigenvalue weighted by atomic mass is 16.5. The SMILES string of the molecule is CCN(CC)C(=O)CCCCCCCCCCn1c(-c2ccc(OC)cc2)c(C)c2cc(OC)ccc21. The van der Waals surface area contributed by atoms with Crippen LogP contribution in [0.5, 0.6) is 11.5 Å². The van der Waals surface area contributed by atoms with Gasteiger partial charge in [0.15, 0.2) is 0 Å². The Labute approximate surface area is 223 Å². The molecule has 37 heavy (non-hydrogen) atoms. The fourth-order valence-electron chi connectivity index (χ4n) is 5.32. The Bertz CT molecular complexity index is 1110. The molecule has 0 unspecified atom stereocenters. The average molecular weight is 507 g/mol. The fourth-order valence-corrected chi connectivity index (χ4v) is 5.32. The predicted molar refractivity (Wildman–Crippen MR) is 155 cm³/mol. The van der Waals surface area contributed by atoms with E-state index in [1.54, 1.807) is 14.2 Å². The van der Waals surface area contributed by atoms with Crippen molar-refractivity contribution in [2.45, 2.75) is 85.1 Å². The van der Waals surface area contributed by atoms with Crippen LogP contribution < -0.4 is 9.47 Å². The van der Waals surface area contributed by atoms with E-state index in [1.165, 1.54) is 59.8 Å². The van der Waals surface area contributed by atoms with Crippen LogP contribution >= 0.6 is 0 Å². The van der Waals surface area contributed by atoms with Crippen LogP contribution in [-0.4, -0.2) is 42.7 Å². The zero-order chi connectivity index (χ0) is 26.6. The van der Waals surface area contributed by atoms with Crippen molar-refractivity contribution in [1.82, 2.24) is 9.47 Å². The maximum absolute atomic E-state index is 12.1. The van der Waals surface area contributed by atoms with E-state index < -0.39 is 0 Å². The standard InChI is InChI=1S/C32H46N2O3/c1-6-33(7-2)31(35)16-14-12-10-8-9-11-13-15-23-34-30-22-21-28(37-5)24-29(30)25(3)32(34)26-17-19-27(36-4)20-18-26/h17-22,24H,6-16,23H2,1-5H3. The van der Waals surface area contributed by atoms with Crippen LogP contribution in [0, 0.1) is 6.92 Å². The van der Waals surface area contributed by atoms with Crippen LogP contribution in [0.1, 0.15) is 77.2 Å². The number of methoxy groups -OCH3 is 2. The molecule has 1 amide bonds. The first-order chi connectivity index (χ1) is 18.0. The van der Waals surface area contributed by atoms with Crippen molar-refractivity contribution in [2.24, 2.45) is 0 Å². The molecular formula is C32H46N2O3. The lowest BCUT2D eigenvalue weighted by molar-refractivity contribution is -0.130. The number of aryl methyl sites for hydroxylation is 2. The monoisotopic (exact) mass is 506 g/mol. The van der Waals surface area contributed by atoms with E-state index in [2.05, 4.69) is 55.7 Å². The summed E-state index contributed by atoms with van der Waals surface area (Å²) in [6, 6.07) is 14.8. The third-order valence-corrected chi connectivity index (χ3v) is 7.53. The Morgan fingerprint density at radius 2 is 1.35 bits per heavy atom. The van der Waals surface area contributed by atoms with E-state index in [0.29, 0.717) is 12.3 Å². The van der Waals surface area contributed by atoms with Crippen LogP contribution in [0.25, 0.3) is 22.2 Å². The van der Waals surface area contributed by atoms with Gasteiger partial charge in [0.2, 0.25) is 5.91 Å². The van der Waals surface area contributed by atoms with Gasteiger partial charge in [0, 0.05) is 37.0 Å². The van der Waals surface area contributed by atoms with Crippen molar-refractivity contribution in [1.29, 1.82) is 0 Å². The van der Waals surface area contributed by atoms with Crippen LogP contribution in [0.15, 0.2) is 42.5 Å². The molecule has 5 heteroatoms. The number of aromatic nitrogens is 1. The minimum atomic E-state index is 0.310. The highest BCUT2D eigenvalue weighted by Gasteiger charge is 2.16. The number of amides is 1. The number of hydrogen-bond acceptors (Lipinski definition) is 3. The van der Waals surface area contributed by atoms with Crippen molar-refractivity contribution in [3.8, 4) is 22.8 Å². The summed E-state index contributed by atoms with van der Waals surface area (Å²) in [6.07, 6.45) is 10.3. The first-order valence-corrected chi connectivity index (χ1v) is 14.1. The molecule has 0 fully saturated rings. The summed E-state index contributed by atoms with van der Waals surface area (Å²) in [7, 11) is 3.43. The third-order valence-electron chi connectivity index (χ3n) is 7.53. The Hall–Kier alpha value is -2.95. The molecule has 3 rings (SSSR count). The van der Waals surface area contributed by atoms with E-state index >= 15 is 0 Å². The summed E-state index contributed by atoms with van der Waals surface area (Å²) in [5, 5.41) is 1.25. The predicted octanol–water partition coefficient (Wildman–Crippen LogP) is 8.01. The first kappa shape index (κ1) is 28.6. The molecule has 0 saturated carbocycles. The summed E-state index contributed by atoms with van der Waals surface area (Å²) in [5.74, 6) is 2.08. The molecule has 0 atom stereocenters. The van der Waals surface area contributed by atoms with E-state index in [-0.39, 0.29) is 0 Å². The van der Waals surface area contributed by atoms with Gasteiger partial charge in [0.25, 0.3) is 0 Å². The van der Waals surface area contributed by atoms with Gasteiger partial charge in [-0.15, -0.1) is 0 Å². The Balaban J connectivity index is 1.52. The number of carbonyl (C=O) groups excluding carboxylic acids is 1. The molecule has 3 aromatic rings. The van der Waals surface area contributed by atoms with Crippen LogP contribution in [0.3, 0.4) is 0 Å². The number of hydrogen-bond donors (Lipinski definition) is 0. The largest absolute Gasteiger partial charge is 0.497 e. The normalized spacial score (nSPS) is 11.2. The van der Waals surface area contributed by atoms with E-state index in [1.807, 2.05) is 17.0 Å². The van der Waals surface area contributed by atoms with Crippen LogP contribution in [-0.2, 0) is 11.3 Å². The van der Waals surface area contributed by atoms with E-state index in [4.69, 9.17) is 9.47 Å². The number of nitrogens with zero attached hydrogens (tertiary/aromatic N) is 2. The topological polar surface area (TPSA) is 43.7 Å². The third kappa shape index (κ3) is 7.53. The van der Waals surface area contributed by atoms with E-state index in [0.717, 1.165) is 50.4 Å². The molecule has 0 aliphatic carbocycles. The minimum absolute atomic E-state index is 0.310. The second kappa shape index (κ2) is 14.7. The first-order valence-electron chi connectivity index (χ1n) is 14.1. The minimum Gasteiger partial charge on any atom is -0.497 e. The Morgan fingerprint density at radius 3 is 1.95 bits per heavy atom. The van der Waals surface area contributed by atoms with Crippen molar-refractivity contribution >= 4 is 16.8 Å². The maximum Gasteiger partial charge on any atom is 0.222 e. The second-order valence-electron chi connectivity index (χ2n) is 9.88. The van der Waals surface area contributed by atoms with Crippen molar-refractivity contribution < 1.29 is 14.3 Å². The number of rotatable bonds is 16. The number of unbranched alkanes of at least 4 members (excludes halogenated alkanes) is 7. The van der Waals surface area contributed by atoms with Crippen molar-refractivity contribution in [2.75, 3.05) is 27.3 Å². The molecule has 0 spiro atoms. The van der Waals surface area contributed by atoms with Gasteiger partial charge in [0.05, 0.1) is 19.9 Å². The average Bonchev–Trinajstić information content (AvgIpc) is 3.20. The van der Waals surface area contributed by atoms with Gasteiger partial charge in [-0.2, -0.15) is 0 Å². The van der Waals surface area contributed by atoms with Crippen LogP contribution in [0.4, 0.5) is 0 Å². The van der Waals surface area contributed by atoms with Crippen LogP contribution in [0.2, 0.25) is 0 Å². The number of ether oxygens (including phenoxy) is 2. The van der Waals surface area contributed by atoms with Gasteiger partial charge in [0.1, 0.15) is 11.5 Å². The summed E-state index contributed by atoms with van der Waals surface area (Å²) < 4.78 is 13.4. The lowest BCUT2D eigenvalue weighted by Crippen LogP contribution is -2.30. The van der Waals surface area contributed by atoms with E-state index in [9.17, 15) is 4.79 Å². The Morgan fingerprint density at radius 1 is 0.784 bits per heavy atom. The lowest BCUT2D eigenvalue weighted by atomic mass is 10.1. The van der Waals surface area contributed by atoms with Gasteiger partial charge < -0.3 is 18.9 Å². The molecule has 5 nitrogen and oxygen atoms in total. The molecule has 0 aliphatic heterocycles. The molecule has 1 heterocycles. The molecule has 0 aliphatic rings. The van der Waals surface area contributed by atoms with Gasteiger partial charge >= 0.3 is 0 Å². The highest BCUT2D eigenvalue weighted by molar-refractivity contribution is 5.92. The lowest BCUT2D eigenvalue weighted by Gasteiger charge is -2.18. The molecule has 1 aromatic heterocycles. The molecule has 0 radical (unpaired) electrons. The second-order valence-corrected chi connectivity index (χ2v) is 9.88. The molecule has 0 bridgehead atoms. The fraction of sp³-hybridized carbons (Fsp3) is 0.531. The summed E-state index contributed by atoms with van der Waals surface area (Å²) >= 11 is 0. The smallest absolute Gasteiger partial charge is 0.222 e. The van der Waals surface area contributed by atoms with Crippen molar-refractivity contribution in [3.05, 3.63) is 48.0 Å². The van der Waals surface area contributed by atoms with Crippen molar-refractivity contribution in [3.63, 3.8) is 0 Å². The maximum atomic E-state index is 12.1. The van der Waals surface area contributed by atoms with Gasteiger partial charge in [-0.3, -0.25) is 4.79 Å². The zero-order valence-electron chi connectivity index (χ0n) is 23.6. The van der Waals surface area contributed by atoms with Gasteiger partial charge in [-0.25, -0.2) is 0 Å². The number of fused-ring (bicyclic) bond motifs is 1. The molecule has 2 aromatic carbocycles. The summed E-state index contributed by atoms with van der Waals surface area (Å²) in [4.78, 5) is 14.0. The van der Waals surface area contributed by atoms with Gasteiger partial charge in [-0.05, 0) is 87.2 Å². The quantitative estimate of drug-likeness (QED) is 0.185.